The van der Waals surface area contributed by atoms with Gasteiger partial charge in [-0.05, 0) is 147 Å². The summed E-state index contributed by atoms with van der Waals surface area (Å²) in [4.78, 5) is 52.0. The molecule has 0 aromatic heterocycles. The third kappa shape index (κ3) is 21.6. The van der Waals surface area contributed by atoms with E-state index in [2.05, 4.69) is 0 Å². The summed E-state index contributed by atoms with van der Waals surface area (Å²) in [5.74, 6) is -1.77. The molecule has 2 aliphatic heterocycles. The monoisotopic (exact) mass is 1060 g/mol. The number of esters is 4. The van der Waals surface area contributed by atoms with Gasteiger partial charge in [0.05, 0.1) is 43.0 Å². The van der Waals surface area contributed by atoms with Crippen LogP contribution in [0.15, 0.2) is 109 Å². The molecule has 0 bridgehead atoms. The number of carbonyl (C=O) groups is 4. The minimum absolute atomic E-state index is 0.0781. The molecule has 4 aromatic carbocycles. The molecule has 0 amide bonds. The van der Waals surface area contributed by atoms with Crippen molar-refractivity contribution in [1.82, 2.24) is 0 Å². The molecule has 2 heterocycles. The fourth-order valence-corrected chi connectivity index (χ4v) is 7.27. The zero-order valence-corrected chi connectivity index (χ0v) is 40.9. The largest absolute Gasteiger partial charge is 0.494 e. The second kappa shape index (κ2) is 28.8. The Kier molecular flexibility index (Phi) is 22.1. The maximum atomic E-state index is 13.3. The van der Waals surface area contributed by atoms with E-state index in [0.29, 0.717) is 48.7 Å². The normalized spacial score (nSPS) is 16.3. The van der Waals surface area contributed by atoms with Gasteiger partial charge in [-0.15, -0.1) is 0 Å². The molecule has 2 atom stereocenters. The van der Waals surface area contributed by atoms with Crippen LogP contribution in [0.4, 0.5) is 26.3 Å². The number of benzene rings is 4. The molecule has 404 valence electrons. The summed E-state index contributed by atoms with van der Waals surface area (Å²) in [6, 6.07) is 24.1. The fraction of sp³-hybridized carbons (Fsp3) is 0.418. The fourth-order valence-electron chi connectivity index (χ4n) is 7.27. The molecule has 0 N–H and O–H groups in total. The molecule has 0 aliphatic carbocycles. The first kappa shape index (κ1) is 57.5. The first-order valence-electron chi connectivity index (χ1n) is 24.4. The van der Waals surface area contributed by atoms with Gasteiger partial charge in [0.2, 0.25) is 0 Å². The van der Waals surface area contributed by atoms with Gasteiger partial charge in [-0.3, -0.25) is 0 Å². The van der Waals surface area contributed by atoms with Crippen LogP contribution in [0.2, 0.25) is 0 Å². The predicted molar refractivity (Wildman–Crippen MR) is 259 cm³/mol. The molecular formula is C55H58F6O14. The van der Waals surface area contributed by atoms with E-state index in [9.17, 15) is 45.5 Å². The van der Waals surface area contributed by atoms with Crippen LogP contribution < -0.4 is 18.9 Å². The van der Waals surface area contributed by atoms with E-state index in [-0.39, 0.29) is 75.1 Å². The zero-order valence-electron chi connectivity index (χ0n) is 40.9. The summed E-state index contributed by atoms with van der Waals surface area (Å²) < 4.78 is 131. The van der Waals surface area contributed by atoms with E-state index in [1.165, 1.54) is 97.1 Å². The zero-order chi connectivity index (χ0) is 53.5. The topological polar surface area (TPSA) is 161 Å². The summed E-state index contributed by atoms with van der Waals surface area (Å²) in [5, 5.41) is 0. The van der Waals surface area contributed by atoms with Gasteiger partial charge in [-0.25, -0.2) is 19.2 Å². The summed E-state index contributed by atoms with van der Waals surface area (Å²) in [6.07, 6.45) is -1.74. The van der Waals surface area contributed by atoms with Crippen molar-refractivity contribution in [1.29, 1.82) is 0 Å². The summed E-state index contributed by atoms with van der Waals surface area (Å²) in [7, 11) is 0. The second-order valence-electron chi connectivity index (χ2n) is 17.7. The van der Waals surface area contributed by atoms with Crippen molar-refractivity contribution >= 4 is 36.0 Å². The number of carbonyl (C=O) groups excluding carboxylic acids is 4. The first-order valence-corrected chi connectivity index (χ1v) is 24.4. The number of alkyl halides is 6. The molecule has 2 fully saturated rings. The highest BCUT2D eigenvalue weighted by molar-refractivity contribution is 5.92. The average molecular weight is 1060 g/mol. The van der Waals surface area contributed by atoms with Gasteiger partial charge >= 0.3 is 36.2 Å². The van der Waals surface area contributed by atoms with Gasteiger partial charge in [0, 0.05) is 38.2 Å². The van der Waals surface area contributed by atoms with Gasteiger partial charge in [0.1, 0.15) is 36.2 Å². The van der Waals surface area contributed by atoms with Crippen molar-refractivity contribution in [3.05, 3.63) is 131 Å². The third-order valence-electron chi connectivity index (χ3n) is 11.4. The molecule has 20 heteroatoms. The standard InChI is InChI=1S/C55H58F6O14/c56-54(57,58)29-5-33-66-43-23-15-41(16-24-43)51(64)74-45-19-9-39(10-20-45)13-27-47(62)70-35-53(37-72-49-7-1-3-31-68-49,38-73-50-8-2-4-32-69-50)36-71-48(63)28-14-40-11-21-46(22-12-40)75-52(65)42-17-25-44(26-18-42)67-34-6-30-55(59,60)61/h9-28,49-50H,1-8,29-38H2/b27-13+,28-14+. The van der Waals surface area contributed by atoms with Crippen LogP contribution in [0.25, 0.3) is 12.2 Å². The van der Waals surface area contributed by atoms with Crippen LogP contribution in [-0.2, 0) is 38.0 Å². The lowest BCUT2D eigenvalue weighted by atomic mass is 9.92. The minimum atomic E-state index is -4.27. The Morgan fingerprint density at radius 3 is 1.21 bits per heavy atom. The molecule has 2 unspecified atom stereocenters. The Hall–Kier alpha value is -6.74. The summed E-state index contributed by atoms with van der Waals surface area (Å²) in [5.41, 5.74) is 0.287. The van der Waals surface area contributed by atoms with E-state index < -0.39 is 67.1 Å². The van der Waals surface area contributed by atoms with Crippen LogP contribution in [0.1, 0.15) is 96.1 Å². The van der Waals surface area contributed by atoms with Crippen LogP contribution >= 0.6 is 0 Å². The lowest BCUT2D eigenvalue weighted by Crippen LogP contribution is -2.45. The molecule has 0 radical (unpaired) electrons. The molecule has 0 saturated carbocycles. The Labute approximate surface area is 429 Å². The van der Waals surface area contributed by atoms with Crippen LogP contribution in [-0.4, -0.2) is 102 Å². The van der Waals surface area contributed by atoms with Crippen molar-refractivity contribution in [2.75, 3.05) is 52.9 Å². The summed E-state index contributed by atoms with van der Waals surface area (Å²) in [6.45, 7) is 0.00124. The van der Waals surface area contributed by atoms with E-state index in [1.54, 1.807) is 24.3 Å². The van der Waals surface area contributed by atoms with E-state index >= 15 is 0 Å². The first-order chi connectivity index (χ1) is 36.0. The lowest BCUT2D eigenvalue weighted by Gasteiger charge is -2.35. The van der Waals surface area contributed by atoms with Crippen LogP contribution in [0.3, 0.4) is 0 Å². The second-order valence-corrected chi connectivity index (χ2v) is 17.7. The number of halogens is 6. The molecule has 14 nitrogen and oxygen atoms in total. The smallest absolute Gasteiger partial charge is 0.389 e. The molecule has 0 spiro atoms. The Morgan fingerprint density at radius 1 is 0.493 bits per heavy atom. The number of hydrogen-bond acceptors (Lipinski definition) is 14. The lowest BCUT2D eigenvalue weighted by molar-refractivity contribution is -0.222. The van der Waals surface area contributed by atoms with Crippen molar-refractivity contribution in [3.63, 3.8) is 0 Å². The van der Waals surface area contributed by atoms with Crippen molar-refractivity contribution in [2.45, 2.75) is 89.1 Å². The number of rotatable bonds is 26. The number of hydrogen-bond donors (Lipinski definition) is 0. The Balaban J connectivity index is 1.03. The predicted octanol–water partition coefficient (Wildman–Crippen LogP) is 11.5. The highest BCUT2D eigenvalue weighted by Crippen LogP contribution is 2.28. The van der Waals surface area contributed by atoms with Gasteiger partial charge in [-0.1, -0.05) is 24.3 Å². The van der Waals surface area contributed by atoms with Crippen LogP contribution in [0, 0.1) is 5.41 Å². The van der Waals surface area contributed by atoms with Gasteiger partial charge in [0.15, 0.2) is 12.6 Å². The molecular weight excluding hydrogens is 999 g/mol. The number of ether oxygens (including phenoxy) is 10. The van der Waals surface area contributed by atoms with E-state index in [4.69, 9.17) is 47.4 Å². The molecule has 2 saturated heterocycles. The van der Waals surface area contributed by atoms with Crippen molar-refractivity contribution in [2.24, 2.45) is 5.41 Å². The molecule has 75 heavy (non-hydrogen) atoms. The third-order valence-corrected chi connectivity index (χ3v) is 11.4. The van der Waals surface area contributed by atoms with E-state index in [1.807, 2.05) is 0 Å². The Morgan fingerprint density at radius 2 is 0.867 bits per heavy atom. The minimum Gasteiger partial charge on any atom is -0.494 e. The molecule has 4 aromatic rings. The Bertz CT molecular complexity index is 2290. The quantitative estimate of drug-likeness (QED) is 0.0192. The van der Waals surface area contributed by atoms with Crippen molar-refractivity contribution in [3.8, 4) is 23.0 Å². The molecule has 6 rings (SSSR count). The SMILES string of the molecule is O=C(/C=C/c1ccc(OC(=O)c2ccc(OCCCC(F)(F)F)cc2)cc1)OCC(COC(=O)/C=C/c1ccc(OC(=O)c2ccc(OCCCC(F)(F)F)cc2)cc1)(COC1CCCCO1)COC1CCCCO1. The van der Waals surface area contributed by atoms with Gasteiger partial charge in [-0.2, -0.15) is 26.3 Å². The maximum Gasteiger partial charge on any atom is 0.389 e. The summed E-state index contributed by atoms with van der Waals surface area (Å²) >= 11 is 0. The molecule has 2 aliphatic rings. The average Bonchev–Trinajstić information content (AvgIpc) is 3.40. The maximum absolute atomic E-state index is 13.3. The highest BCUT2D eigenvalue weighted by Gasteiger charge is 2.38. The van der Waals surface area contributed by atoms with Crippen molar-refractivity contribution < 1.29 is 92.9 Å². The van der Waals surface area contributed by atoms with Crippen LogP contribution in [0.5, 0.6) is 23.0 Å². The highest BCUT2D eigenvalue weighted by atomic mass is 19.4. The van der Waals surface area contributed by atoms with Gasteiger partial charge < -0.3 is 47.4 Å². The van der Waals surface area contributed by atoms with E-state index in [0.717, 1.165) is 25.7 Å². The van der Waals surface area contributed by atoms with Gasteiger partial charge in [0.25, 0.3) is 0 Å².